The minimum Gasteiger partial charge on any atom is -0.385 e. The monoisotopic (exact) mass is 291 g/mol. The van der Waals surface area contributed by atoms with Gasteiger partial charge in [-0.2, -0.15) is 23.5 Å². The molecule has 1 aliphatic rings. The standard InChI is InChI=1S/C14H29NOS2/c1-5-7-15-13(11(2)6-8-16-4)14-12(3)17-9-10-18-14/h11-15H,5-10H2,1-4H3. The van der Waals surface area contributed by atoms with E-state index >= 15 is 0 Å². The summed E-state index contributed by atoms with van der Waals surface area (Å²) in [6.45, 7) is 9.03. The van der Waals surface area contributed by atoms with Crippen LogP contribution in [0.5, 0.6) is 0 Å². The van der Waals surface area contributed by atoms with Crippen molar-refractivity contribution in [2.75, 3.05) is 31.8 Å². The summed E-state index contributed by atoms with van der Waals surface area (Å²) in [4.78, 5) is 0. The highest BCUT2D eigenvalue weighted by molar-refractivity contribution is 8.07. The highest BCUT2D eigenvalue weighted by atomic mass is 32.2. The average Bonchev–Trinajstić information content (AvgIpc) is 2.38. The van der Waals surface area contributed by atoms with Gasteiger partial charge in [0.2, 0.25) is 0 Å². The third-order valence-corrected chi connectivity index (χ3v) is 6.83. The summed E-state index contributed by atoms with van der Waals surface area (Å²) < 4.78 is 5.24. The second-order valence-corrected chi connectivity index (χ2v) is 7.92. The van der Waals surface area contributed by atoms with Crippen molar-refractivity contribution in [3.8, 4) is 0 Å². The van der Waals surface area contributed by atoms with Crippen LogP contribution in [0.15, 0.2) is 0 Å². The Morgan fingerprint density at radius 1 is 1.33 bits per heavy atom. The van der Waals surface area contributed by atoms with Gasteiger partial charge in [-0.1, -0.05) is 20.8 Å². The Hall–Kier alpha value is 0.620. The summed E-state index contributed by atoms with van der Waals surface area (Å²) in [7, 11) is 1.80. The van der Waals surface area contributed by atoms with Crippen LogP contribution in [-0.4, -0.2) is 48.3 Å². The molecule has 18 heavy (non-hydrogen) atoms. The van der Waals surface area contributed by atoms with Crippen molar-refractivity contribution in [1.29, 1.82) is 0 Å². The van der Waals surface area contributed by atoms with Crippen LogP contribution >= 0.6 is 23.5 Å². The molecule has 1 saturated heterocycles. The fraction of sp³-hybridized carbons (Fsp3) is 1.00. The molecule has 0 amide bonds. The van der Waals surface area contributed by atoms with E-state index in [1.165, 1.54) is 17.9 Å². The summed E-state index contributed by atoms with van der Waals surface area (Å²) in [5, 5.41) is 5.31. The number of thioether (sulfide) groups is 2. The Balaban J connectivity index is 2.56. The number of nitrogens with one attached hydrogen (secondary N) is 1. The molecule has 0 aromatic heterocycles. The lowest BCUT2D eigenvalue weighted by Crippen LogP contribution is -2.48. The molecule has 4 unspecified atom stereocenters. The molecule has 2 nitrogen and oxygen atoms in total. The zero-order valence-electron chi connectivity index (χ0n) is 12.3. The highest BCUT2D eigenvalue weighted by Crippen LogP contribution is 2.35. The van der Waals surface area contributed by atoms with E-state index in [4.69, 9.17) is 4.74 Å². The molecule has 1 aliphatic heterocycles. The molecule has 1 fully saturated rings. The summed E-state index contributed by atoms with van der Waals surface area (Å²) in [6.07, 6.45) is 2.37. The minimum atomic E-state index is 0.632. The zero-order valence-corrected chi connectivity index (χ0v) is 13.9. The first kappa shape index (κ1) is 16.7. The molecular weight excluding hydrogens is 262 g/mol. The van der Waals surface area contributed by atoms with Gasteiger partial charge in [-0.25, -0.2) is 0 Å². The van der Waals surface area contributed by atoms with Gasteiger partial charge in [-0.15, -0.1) is 0 Å². The molecule has 0 aromatic carbocycles. The van der Waals surface area contributed by atoms with Gasteiger partial charge < -0.3 is 10.1 Å². The molecule has 0 radical (unpaired) electrons. The van der Waals surface area contributed by atoms with Crippen molar-refractivity contribution < 1.29 is 4.74 Å². The van der Waals surface area contributed by atoms with Crippen LogP contribution in [0.2, 0.25) is 0 Å². The smallest absolute Gasteiger partial charge is 0.0465 e. The van der Waals surface area contributed by atoms with Crippen LogP contribution in [0.3, 0.4) is 0 Å². The zero-order chi connectivity index (χ0) is 13.4. The van der Waals surface area contributed by atoms with Gasteiger partial charge in [-0.05, 0) is 25.3 Å². The first-order chi connectivity index (χ1) is 8.70. The van der Waals surface area contributed by atoms with E-state index in [0.717, 1.165) is 30.1 Å². The molecule has 4 atom stereocenters. The molecule has 0 aromatic rings. The van der Waals surface area contributed by atoms with E-state index in [1.54, 1.807) is 7.11 Å². The van der Waals surface area contributed by atoms with E-state index in [1.807, 2.05) is 0 Å². The van der Waals surface area contributed by atoms with Gasteiger partial charge >= 0.3 is 0 Å². The summed E-state index contributed by atoms with van der Waals surface area (Å²) in [5.41, 5.74) is 0. The first-order valence-corrected chi connectivity index (χ1v) is 9.26. The van der Waals surface area contributed by atoms with E-state index < -0.39 is 0 Å². The molecule has 1 heterocycles. The Bertz CT molecular complexity index is 216. The van der Waals surface area contributed by atoms with Gasteiger partial charge in [0, 0.05) is 41.8 Å². The highest BCUT2D eigenvalue weighted by Gasteiger charge is 2.32. The Kier molecular flexibility index (Phi) is 8.81. The Morgan fingerprint density at radius 2 is 2.06 bits per heavy atom. The van der Waals surface area contributed by atoms with Crippen molar-refractivity contribution in [2.24, 2.45) is 5.92 Å². The van der Waals surface area contributed by atoms with Crippen LogP contribution in [0.1, 0.15) is 33.6 Å². The predicted octanol–water partition coefficient (Wildman–Crippen LogP) is 3.26. The van der Waals surface area contributed by atoms with Gasteiger partial charge in [0.25, 0.3) is 0 Å². The molecule has 0 aliphatic carbocycles. The molecule has 1 rings (SSSR count). The topological polar surface area (TPSA) is 21.3 Å². The van der Waals surface area contributed by atoms with Crippen molar-refractivity contribution in [3.63, 3.8) is 0 Å². The molecule has 108 valence electrons. The second kappa shape index (κ2) is 9.51. The SMILES string of the molecule is CCCNC(C(C)CCOC)C1SCCSC1C. The van der Waals surface area contributed by atoms with Crippen LogP contribution in [0.25, 0.3) is 0 Å². The maximum atomic E-state index is 5.24. The largest absolute Gasteiger partial charge is 0.385 e. The lowest BCUT2D eigenvalue weighted by molar-refractivity contribution is 0.169. The van der Waals surface area contributed by atoms with Gasteiger partial charge in [0.15, 0.2) is 0 Å². The Morgan fingerprint density at radius 3 is 2.67 bits per heavy atom. The first-order valence-electron chi connectivity index (χ1n) is 7.16. The van der Waals surface area contributed by atoms with Crippen LogP contribution in [-0.2, 0) is 4.74 Å². The van der Waals surface area contributed by atoms with Gasteiger partial charge in [0.1, 0.15) is 0 Å². The normalized spacial score (nSPS) is 28.0. The molecule has 0 saturated carbocycles. The predicted molar refractivity (Wildman–Crippen MR) is 85.9 cm³/mol. The summed E-state index contributed by atoms with van der Waals surface area (Å²) in [5.74, 6) is 3.31. The third kappa shape index (κ3) is 5.32. The van der Waals surface area contributed by atoms with Crippen molar-refractivity contribution in [3.05, 3.63) is 0 Å². The summed E-state index contributed by atoms with van der Waals surface area (Å²) >= 11 is 4.30. The average molecular weight is 292 g/mol. The quantitative estimate of drug-likeness (QED) is 0.740. The maximum absolute atomic E-state index is 5.24. The molecule has 0 spiro atoms. The van der Waals surface area contributed by atoms with E-state index in [0.29, 0.717) is 12.0 Å². The van der Waals surface area contributed by atoms with Crippen molar-refractivity contribution >= 4 is 23.5 Å². The summed E-state index contributed by atoms with van der Waals surface area (Å²) in [6, 6.07) is 0.632. The molecular formula is C14H29NOS2. The number of methoxy groups -OCH3 is 1. The lowest BCUT2D eigenvalue weighted by Gasteiger charge is -2.38. The molecule has 1 N–H and O–H groups in total. The third-order valence-electron chi connectivity index (χ3n) is 3.61. The van der Waals surface area contributed by atoms with E-state index in [2.05, 4.69) is 49.6 Å². The molecule has 4 heteroatoms. The fourth-order valence-electron chi connectivity index (χ4n) is 2.48. The van der Waals surface area contributed by atoms with Gasteiger partial charge in [-0.3, -0.25) is 0 Å². The maximum Gasteiger partial charge on any atom is 0.0465 e. The molecule has 0 bridgehead atoms. The van der Waals surface area contributed by atoms with Gasteiger partial charge in [0.05, 0.1) is 0 Å². The fourth-order valence-corrected chi connectivity index (χ4v) is 5.57. The number of ether oxygens (including phenoxy) is 1. The van der Waals surface area contributed by atoms with E-state index in [9.17, 15) is 0 Å². The minimum absolute atomic E-state index is 0.632. The van der Waals surface area contributed by atoms with Crippen LogP contribution < -0.4 is 5.32 Å². The second-order valence-electron chi connectivity index (χ2n) is 5.15. The van der Waals surface area contributed by atoms with Crippen LogP contribution in [0.4, 0.5) is 0 Å². The number of rotatable bonds is 8. The van der Waals surface area contributed by atoms with E-state index in [-0.39, 0.29) is 0 Å². The van der Waals surface area contributed by atoms with Crippen molar-refractivity contribution in [2.45, 2.75) is 50.2 Å². The van der Waals surface area contributed by atoms with Crippen LogP contribution in [0, 0.1) is 5.92 Å². The lowest BCUT2D eigenvalue weighted by atomic mass is 9.94. The Labute approximate surface area is 121 Å². The number of hydrogen-bond donors (Lipinski definition) is 1. The van der Waals surface area contributed by atoms with Crippen molar-refractivity contribution in [1.82, 2.24) is 5.32 Å². The number of hydrogen-bond acceptors (Lipinski definition) is 4.